The number of carbonyl (C=O) groups excluding carboxylic acids is 4. The van der Waals surface area contributed by atoms with Crippen LogP contribution in [0.1, 0.15) is 6.92 Å². The van der Waals surface area contributed by atoms with Gasteiger partial charge in [0.05, 0.1) is 24.5 Å². The lowest BCUT2D eigenvalue weighted by Crippen LogP contribution is -2.56. The number of hydrogen-bond donors (Lipinski definition) is 2. The number of aromatic amines is 1. The molecule has 0 spiro atoms. The molecular formula is C26H23F2N5O9. The van der Waals surface area contributed by atoms with Crippen molar-refractivity contribution >= 4 is 40.8 Å². The number of esters is 1. The van der Waals surface area contributed by atoms with Gasteiger partial charge in [0.2, 0.25) is 6.10 Å². The van der Waals surface area contributed by atoms with E-state index in [1.165, 1.54) is 9.80 Å². The first kappa shape index (κ1) is 28.6. The Balaban J connectivity index is 1.38. The lowest BCUT2D eigenvalue weighted by molar-refractivity contribution is -0.167. The van der Waals surface area contributed by atoms with Crippen molar-refractivity contribution in [3.63, 3.8) is 0 Å². The zero-order valence-corrected chi connectivity index (χ0v) is 21.9. The summed E-state index contributed by atoms with van der Waals surface area (Å²) in [6.45, 7) is 1.62. The number of rotatable bonds is 7. The molecule has 2 N–H and O–H groups in total. The maximum atomic E-state index is 14.9. The Morgan fingerprint density at radius 3 is 2.50 bits per heavy atom. The van der Waals surface area contributed by atoms with Crippen LogP contribution in [0, 0.1) is 11.6 Å². The van der Waals surface area contributed by atoms with Gasteiger partial charge in [0.15, 0.2) is 23.6 Å². The molecule has 0 bridgehead atoms. The highest BCUT2D eigenvalue weighted by molar-refractivity contribution is 6.05. The average molecular weight is 587 g/mol. The Bertz CT molecular complexity index is 1610. The predicted octanol–water partition coefficient (Wildman–Crippen LogP) is 0.973. The standard InChI is InChI=1S/C26H23F2N5O9/c1-13(34)41-21(24(36)29-17-6-5-16(19(27)20(17)28)23-30-26(38)42-31-23)22-25(37)33(8-10-40-22)15-4-2-3-14(11-15)32-7-9-39-12-18(32)35/h2-6,11,21-22H,7-10,12H2,1H3,(H,29,36)(H,30,31,38)/t21-,22-/m1/s1. The molecule has 42 heavy (non-hydrogen) atoms. The van der Waals surface area contributed by atoms with Crippen molar-refractivity contribution in [3.05, 3.63) is 58.6 Å². The summed E-state index contributed by atoms with van der Waals surface area (Å²) >= 11 is 0. The molecule has 2 fully saturated rings. The number of H-pyrrole nitrogens is 1. The van der Waals surface area contributed by atoms with E-state index in [2.05, 4.69) is 20.0 Å². The number of hydrogen-bond acceptors (Lipinski definition) is 10. The van der Waals surface area contributed by atoms with Crippen LogP contribution in [0.2, 0.25) is 0 Å². The van der Waals surface area contributed by atoms with Gasteiger partial charge >= 0.3 is 11.7 Å². The molecule has 5 rings (SSSR count). The minimum atomic E-state index is -1.88. The van der Waals surface area contributed by atoms with Crippen LogP contribution in [0.15, 0.2) is 45.7 Å². The van der Waals surface area contributed by atoms with E-state index in [0.717, 1.165) is 19.1 Å². The Kier molecular flexibility index (Phi) is 8.08. The van der Waals surface area contributed by atoms with Crippen LogP contribution in [0.3, 0.4) is 0 Å². The number of benzene rings is 2. The van der Waals surface area contributed by atoms with Gasteiger partial charge in [-0.2, -0.15) is 0 Å². The summed E-state index contributed by atoms with van der Waals surface area (Å²) in [5, 5.41) is 5.41. The normalized spacial score (nSPS) is 18.1. The maximum absolute atomic E-state index is 14.9. The monoisotopic (exact) mass is 587 g/mol. The van der Waals surface area contributed by atoms with Gasteiger partial charge in [0, 0.05) is 31.4 Å². The van der Waals surface area contributed by atoms with E-state index in [1.807, 2.05) is 0 Å². The zero-order valence-electron chi connectivity index (χ0n) is 21.9. The largest absolute Gasteiger partial charge is 0.449 e. The summed E-state index contributed by atoms with van der Waals surface area (Å²) < 4.78 is 49.7. The van der Waals surface area contributed by atoms with Gasteiger partial charge in [0.1, 0.15) is 6.61 Å². The fourth-order valence-electron chi connectivity index (χ4n) is 4.51. The second kappa shape index (κ2) is 11.9. The fourth-order valence-corrected chi connectivity index (χ4v) is 4.51. The number of anilines is 3. The summed E-state index contributed by atoms with van der Waals surface area (Å²) in [7, 11) is 0. The van der Waals surface area contributed by atoms with E-state index in [4.69, 9.17) is 14.2 Å². The highest BCUT2D eigenvalue weighted by Crippen LogP contribution is 2.29. The number of nitrogens with one attached hydrogen (secondary N) is 2. The molecule has 2 atom stereocenters. The molecule has 2 saturated heterocycles. The number of amides is 3. The second-order valence-electron chi connectivity index (χ2n) is 9.15. The number of nitrogens with zero attached hydrogens (tertiary/aromatic N) is 3. The van der Waals surface area contributed by atoms with Gasteiger partial charge in [-0.25, -0.2) is 13.6 Å². The lowest BCUT2D eigenvalue weighted by Gasteiger charge is -2.35. The first-order chi connectivity index (χ1) is 20.1. The molecule has 1 aromatic heterocycles. The summed E-state index contributed by atoms with van der Waals surface area (Å²) in [5.41, 5.74) is -0.175. The number of halogens is 2. The van der Waals surface area contributed by atoms with Gasteiger partial charge in [-0.3, -0.25) is 28.7 Å². The van der Waals surface area contributed by atoms with E-state index >= 15 is 0 Å². The van der Waals surface area contributed by atoms with E-state index in [-0.39, 0.29) is 31.5 Å². The lowest BCUT2D eigenvalue weighted by atomic mass is 10.1. The molecule has 0 unspecified atom stereocenters. The smallest absolute Gasteiger partial charge is 0.439 e. The quantitative estimate of drug-likeness (QED) is 0.379. The van der Waals surface area contributed by atoms with Crippen molar-refractivity contribution in [3.8, 4) is 11.4 Å². The van der Waals surface area contributed by atoms with Crippen molar-refractivity contribution < 1.29 is 46.7 Å². The Labute approximate surface area is 235 Å². The maximum Gasteiger partial charge on any atom is 0.439 e. The minimum Gasteiger partial charge on any atom is -0.449 e. The van der Waals surface area contributed by atoms with Crippen LogP contribution in [0.4, 0.5) is 25.8 Å². The van der Waals surface area contributed by atoms with Crippen LogP contribution < -0.4 is 20.9 Å². The van der Waals surface area contributed by atoms with Crippen LogP contribution in [-0.4, -0.2) is 78.9 Å². The summed E-state index contributed by atoms with van der Waals surface area (Å²) in [6.07, 6.45) is -3.51. The molecule has 3 heterocycles. The number of morpholine rings is 2. The predicted molar refractivity (Wildman–Crippen MR) is 138 cm³/mol. The topological polar surface area (TPSA) is 173 Å². The first-order valence-corrected chi connectivity index (χ1v) is 12.6. The zero-order chi connectivity index (χ0) is 30.0. The molecule has 220 valence electrons. The van der Waals surface area contributed by atoms with Crippen molar-refractivity contribution in [2.75, 3.05) is 48.0 Å². The molecule has 3 amide bonds. The molecule has 0 radical (unpaired) electrons. The van der Waals surface area contributed by atoms with Crippen molar-refractivity contribution in [2.45, 2.75) is 19.1 Å². The van der Waals surface area contributed by atoms with Crippen molar-refractivity contribution in [1.82, 2.24) is 10.1 Å². The molecule has 2 aliphatic heterocycles. The molecule has 14 nitrogen and oxygen atoms in total. The number of aromatic nitrogens is 2. The Morgan fingerprint density at radius 1 is 1.07 bits per heavy atom. The number of carbonyl (C=O) groups is 4. The third-order valence-corrected chi connectivity index (χ3v) is 6.42. The first-order valence-electron chi connectivity index (χ1n) is 12.6. The summed E-state index contributed by atoms with van der Waals surface area (Å²) in [6, 6.07) is 8.60. The average Bonchev–Trinajstić information content (AvgIpc) is 3.40. The van der Waals surface area contributed by atoms with Crippen LogP contribution in [0.5, 0.6) is 0 Å². The third-order valence-electron chi connectivity index (χ3n) is 6.42. The van der Waals surface area contributed by atoms with E-state index in [0.29, 0.717) is 24.5 Å². The highest BCUT2D eigenvalue weighted by Gasteiger charge is 2.43. The van der Waals surface area contributed by atoms with E-state index in [9.17, 15) is 32.8 Å². The molecule has 0 saturated carbocycles. The van der Waals surface area contributed by atoms with Gasteiger partial charge < -0.3 is 29.3 Å². The Morgan fingerprint density at radius 2 is 1.81 bits per heavy atom. The molecule has 0 aliphatic carbocycles. The van der Waals surface area contributed by atoms with Gasteiger partial charge in [-0.1, -0.05) is 11.2 Å². The van der Waals surface area contributed by atoms with Gasteiger partial charge in [0.25, 0.3) is 17.7 Å². The summed E-state index contributed by atoms with van der Waals surface area (Å²) in [5.74, 6) is -7.44. The molecule has 16 heteroatoms. The van der Waals surface area contributed by atoms with Crippen molar-refractivity contribution in [2.24, 2.45) is 0 Å². The van der Waals surface area contributed by atoms with Crippen LogP contribution in [-0.2, 0) is 33.4 Å². The molecule has 2 aromatic carbocycles. The minimum absolute atomic E-state index is 0.0598. The van der Waals surface area contributed by atoms with E-state index < -0.39 is 58.6 Å². The van der Waals surface area contributed by atoms with Gasteiger partial charge in [-0.05, 0) is 30.3 Å². The molecule has 2 aliphatic rings. The molecule has 3 aromatic rings. The summed E-state index contributed by atoms with van der Waals surface area (Å²) in [4.78, 5) is 67.0. The highest BCUT2D eigenvalue weighted by atomic mass is 19.2. The number of ether oxygens (including phenoxy) is 3. The second-order valence-corrected chi connectivity index (χ2v) is 9.15. The van der Waals surface area contributed by atoms with Crippen LogP contribution in [0.25, 0.3) is 11.4 Å². The SMILES string of the molecule is CC(=O)O[C@@H](C(=O)Nc1ccc(-c2noc(=O)[nH]2)c(F)c1F)[C@H]1OCCN(c2cccc(N3CCOCC3=O)c2)C1=O. The molecular weight excluding hydrogens is 564 g/mol. The fraction of sp³-hybridized carbons (Fsp3) is 0.308. The third kappa shape index (κ3) is 5.75. The van der Waals surface area contributed by atoms with Crippen molar-refractivity contribution in [1.29, 1.82) is 0 Å². The van der Waals surface area contributed by atoms with Crippen LogP contribution >= 0.6 is 0 Å². The Hall–Kier alpha value is -4.96. The van der Waals surface area contributed by atoms with Gasteiger partial charge in [-0.15, -0.1) is 0 Å². The van der Waals surface area contributed by atoms with E-state index in [1.54, 1.807) is 24.3 Å².